The van der Waals surface area contributed by atoms with Gasteiger partial charge in [-0.3, -0.25) is 4.79 Å². The fraction of sp³-hybridized carbons (Fsp3) is 0.0769. The van der Waals surface area contributed by atoms with Crippen LogP contribution in [0.1, 0.15) is 0 Å². The molecule has 0 bridgehead atoms. The summed E-state index contributed by atoms with van der Waals surface area (Å²) < 4.78 is 12.9. The van der Waals surface area contributed by atoms with E-state index in [4.69, 9.17) is 0 Å². The molecule has 2 aromatic heterocycles. The summed E-state index contributed by atoms with van der Waals surface area (Å²) in [5, 5.41) is 3.05. The molecule has 1 aromatic carbocycles. The van der Waals surface area contributed by atoms with Crippen molar-refractivity contribution < 1.29 is 4.39 Å². The highest BCUT2D eigenvalue weighted by Gasteiger charge is 2.12. The van der Waals surface area contributed by atoms with Crippen molar-refractivity contribution in [3.05, 3.63) is 45.8 Å². The molecule has 0 saturated carbocycles. The minimum Gasteiger partial charge on any atom is -0.301 e. The van der Waals surface area contributed by atoms with E-state index < -0.39 is 0 Å². The lowest BCUT2D eigenvalue weighted by molar-refractivity contribution is 0.628. The van der Waals surface area contributed by atoms with Gasteiger partial charge in [-0.05, 0) is 24.0 Å². The number of aromatic nitrogens is 2. The number of thiophene rings is 1. The van der Waals surface area contributed by atoms with Crippen molar-refractivity contribution in [2.75, 3.05) is 6.26 Å². The van der Waals surface area contributed by atoms with Crippen LogP contribution in [-0.4, -0.2) is 16.2 Å². The van der Waals surface area contributed by atoms with Gasteiger partial charge < -0.3 is 4.98 Å². The number of aromatic amines is 1. The van der Waals surface area contributed by atoms with Crippen LogP contribution in [0, 0.1) is 5.82 Å². The standard InChI is InChI=1S/C13H9FN2OS2/c1-18-13-15-11(17)10-9(6-19-12(10)16-13)7-2-4-8(14)5-3-7/h2-6H,1H3,(H,15,16,17). The van der Waals surface area contributed by atoms with E-state index in [2.05, 4.69) is 9.97 Å². The highest BCUT2D eigenvalue weighted by atomic mass is 32.2. The molecule has 0 spiro atoms. The molecular weight excluding hydrogens is 283 g/mol. The molecule has 0 saturated heterocycles. The zero-order valence-electron chi connectivity index (χ0n) is 9.94. The summed E-state index contributed by atoms with van der Waals surface area (Å²) in [6.07, 6.45) is 1.86. The number of nitrogens with one attached hydrogen (secondary N) is 1. The molecule has 0 amide bonds. The fourth-order valence-corrected chi connectivity index (χ4v) is 3.25. The summed E-state index contributed by atoms with van der Waals surface area (Å²) in [5.41, 5.74) is 1.45. The van der Waals surface area contributed by atoms with Crippen LogP contribution in [-0.2, 0) is 0 Å². The third-order valence-electron chi connectivity index (χ3n) is 2.77. The number of H-pyrrole nitrogens is 1. The molecule has 0 fully saturated rings. The van der Waals surface area contributed by atoms with Gasteiger partial charge in [0.25, 0.3) is 5.56 Å². The minimum atomic E-state index is -0.292. The van der Waals surface area contributed by atoms with Crippen molar-refractivity contribution in [1.82, 2.24) is 9.97 Å². The van der Waals surface area contributed by atoms with E-state index in [1.165, 1.54) is 35.2 Å². The summed E-state index contributed by atoms with van der Waals surface area (Å²) >= 11 is 2.81. The van der Waals surface area contributed by atoms with Gasteiger partial charge in [0, 0.05) is 10.9 Å². The molecule has 6 heteroatoms. The number of benzene rings is 1. The molecule has 0 aliphatic carbocycles. The van der Waals surface area contributed by atoms with E-state index >= 15 is 0 Å². The van der Waals surface area contributed by atoms with Crippen molar-refractivity contribution in [3.8, 4) is 11.1 Å². The Morgan fingerprint density at radius 3 is 2.74 bits per heavy atom. The number of rotatable bonds is 2. The Labute approximate surface area is 116 Å². The molecule has 0 unspecified atom stereocenters. The Balaban J connectivity index is 2.26. The van der Waals surface area contributed by atoms with Gasteiger partial charge in [0.1, 0.15) is 10.6 Å². The third kappa shape index (κ3) is 2.17. The second-order valence-corrected chi connectivity index (χ2v) is 5.56. The van der Waals surface area contributed by atoms with E-state index in [1.54, 1.807) is 12.1 Å². The van der Waals surface area contributed by atoms with Crippen LogP contribution >= 0.6 is 23.1 Å². The first kappa shape index (κ1) is 12.4. The predicted molar refractivity (Wildman–Crippen MR) is 77.4 cm³/mol. The van der Waals surface area contributed by atoms with Gasteiger partial charge in [0.2, 0.25) is 0 Å². The molecule has 0 aliphatic heterocycles. The summed E-state index contributed by atoms with van der Waals surface area (Å²) in [7, 11) is 0. The summed E-state index contributed by atoms with van der Waals surface area (Å²) in [5.74, 6) is -0.292. The van der Waals surface area contributed by atoms with Gasteiger partial charge in [-0.25, -0.2) is 9.37 Å². The average Bonchev–Trinajstić information content (AvgIpc) is 2.84. The molecule has 2 heterocycles. The van der Waals surface area contributed by atoms with Gasteiger partial charge >= 0.3 is 0 Å². The maximum atomic E-state index is 12.9. The third-order valence-corrected chi connectivity index (χ3v) is 4.22. The number of thioether (sulfide) groups is 1. The summed E-state index contributed by atoms with van der Waals surface area (Å²) in [6, 6.07) is 6.10. The quantitative estimate of drug-likeness (QED) is 0.580. The second kappa shape index (κ2) is 4.79. The molecule has 0 aliphatic rings. The van der Waals surface area contributed by atoms with Crippen LogP contribution in [0.25, 0.3) is 21.3 Å². The molecule has 0 radical (unpaired) electrons. The predicted octanol–water partition coefficient (Wildman–Crippen LogP) is 3.51. The highest BCUT2D eigenvalue weighted by Crippen LogP contribution is 2.31. The Bertz CT molecular complexity index is 793. The van der Waals surface area contributed by atoms with Crippen molar-refractivity contribution >= 4 is 33.3 Å². The Hall–Kier alpha value is -1.66. The molecule has 3 rings (SSSR count). The first-order valence-corrected chi connectivity index (χ1v) is 7.61. The molecule has 96 valence electrons. The second-order valence-electron chi connectivity index (χ2n) is 3.91. The highest BCUT2D eigenvalue weighted by molar-refractivity contribution is 7.98. The molecule has 0 atom stereocenters. The van der Waals surface area contributed by atoms with Crippen LogP contribution in [0.5, 0.6) is 0 Å². The van der Waals surface area contributed by atoms with E-state index in [0.29, 0.717) is 15.4 Å². The Kier molecular flexibility index (Phi) is 3.12. The first-order chi connectivity index (χ1) is 9.19. The Morgan fingerprint density at radius 2 is 2.05 bits per heavy atom. The molecular formula is C13H9FN2OS2. The largest absolute Gasteiger partial charge is 0.301 e. The van der Waals surface area contributed by atoms with Crippen LogP contribution in [0.2, 0.25) is 0 Å². The smallest absolute Gasteiger partial charge is 0.260 e. The zero-order chi connectivity index (χ0) is 13.4. The molecule has 3 aromatic rings. The van der Waals surface area contributed by atoms with E-state index in [0.717, 1.165) is 11.1 Å². The summed E-state index contributed by atoms with van der Waals surface area (Å²) in [6.45, 7) is 0. The van der Waals surface area contributed by atoms with Crippen LogP contribution in [0.3, 0.4) is 0 Å². The number of fused-ring (bicyclic) bond motifs is 1. The van der Waals surface area contributed by atoms with Crippen molar-refractivity contribution in [2.24, 2.45) is 0 Å². The topological polar surface area (TPSA) is 45.8 Å². The van der Waals surface area contributed by atoms with Crippen molar-refractivity contribution in [1.29, 1.82) is 0 Å². The van der Waals surface area contributed by atoms with Crippen LogP contribution in [0.4, 0.5) is 4.39 Å². The maximum Gasteiger partial charge on any atom is 0.260 e. The molecule has 3 nitrogen and oxygen atoms in total. The molecule has 1 N–H and O–H groups in total. The first-order valence-electron chi connectivity index (χ1n) is 5.50. The van der Waals surface area contributed by atoms with Gasteiger partial charge in [-0.1, -0.05) is 23.9 Å². The van der Waals surface area contributed by atoms with Crippen LogP contribution in [0.15, 0.2) is 39.6 Å². The minimum absolute atomic E-state index is 0.157. The van der Waals surface area contributed by atoms with E-state index in [-0.39, 0.29) is 11.4 Å². The van der Waals surface area contributed by atoms with Crippen LogP contribution < -0.4 is 5.56 Å². The molecule has 19 heavy (non-hydrogen) atoms. The lowest BCUT2D eigenvalue weighted by Gasteiger charge is -2.00. The maximum absolute atomic E-state index is 12.9. The monoisotopic (exact) mass is 292 g/mol. The van der Waals surface area contributed by atoms with Crippen molar-refractivity contribution in [2.45, 2.75) is 5.16 Å². The number of halogens is 1. The van der Waals surface area contributed by atoms with Crippen molar-refractivity contribution in [3.63, 3.8) is 0 Å². The van der Waals surface area contributed by atoms with Gasteiger partial charge in [-0.15, -0.1) is 11.3 Å². The van der Waals surface area contributed by atoms with E-state index in [1.807, 2.05) is 11.6 Å². The number of hydrogen-bond acceptors (Lipinski definition) is 4. The van der Waals surface area contributed by atoms with Gasteiger partial charge in [0.05, 0.1) is 5.39 Å². The summed E-state index contributed by atoms with van der Waals surface area (Å²) in [4.78, 5) is 19.9. The van der Waals surface area contributed by atoms with Gasteiger partial charge in [0.15, 0.2) is 5.16 Å². The average molecular weight is 292 g/mol. The zero-order valence-corrected chi connectivity index (χ0v) is 11.6. The lowest BCUT2D eigenvalue weighted by atomic mass is 10.1. The normalized spacial score (nSPS) is 11.1. The Morgan fingerprint density at radius 1 is 1.32 bits per heavy atom. The van der Waals surface area contributed by atoms with Gasteiger partial charge in [-0.2, -0.15) is 0 Å². The lowest BCUT2D eigenvalue weighted by Crippen LogP contribution is -2.08. The van der Waals surface area contributed by atoms with E-state index in [9.17, 15) is 9.18 Å². The SMILES string of the molecule is CSc1nc2scc(-c3ccc(F)cc3)c2c(=O)[nH]1. The fourth-order valence-electron chi connectivity index (χ4n) is 1.87. The number of hydrogen-bond donors (Lipinski definition) is 1. The number of nitrogens with zero attached hydrogens (tertiary/aromatic N) is 1.